The molecule has 0 saturated carbocycles. The lowest BCUT2D eigenvalue weighted by Gasteiger charge is -2.03. The summed E-state index contributed by atoms with van der Waals surface area (Å²) >= 11 is 0. The maximum Gasteiger partial charge on any atom is 0.347 e. The van der Waals surface area contributed by atoms with Crippen molar-refractivity contribution in [3.63, 3.8) is 0 Å². The molecule has 0 bridgehead atoms. The number of benzene rings is 1. The van der Waals surface area contributed by atoms with E-state index >= 15 is 0 Å². The van der Waals surface area contributed by atoms with Crippen LogP contribution in [0.1, 0.15) is 27.6 Å². The second-order valence-corrected chi connectivity index (χ2v) is 3.90. The van der Waals surface area contributed by atoms with E-state index in [1.54, 1.807) is 6.92 Å². The quantitative estimate of drug-likeness (QED) is 0.275. The Morgan fingerprint density at radius 3 is 2.70 bits per heavy atom. The SMILES string of the molecule is CCOC(=O)c1ccc2oc(=O)c(C(=O)C=O)cc2c1. The van der Waals surface area contributed by atoms with Crippen molar-refractivity contribution in [2.45, 2.75) is 6.92 Å². The van der Waals surface area contributed by atoms with Gasteiger partial charge in [-0.1, -0.05) is 0 Å². The van der Waals surface area contributed by atoms with Crippen molar-refractivity contribution in [3.05, 3.63) is 45.8 Å². The van der Waals surface area contributed by atoms with E-state index in [4.69, 9.17) is 9.15 Å². The molecular formula is C14H10O6. The van der Waals surface area contributed by atoms with Crippen molar-refractivity contribution in [2.75, 3.05) is 6.61 Å². The zero-order valence-corrected chi connectivity index (χ0v) is 10.5. The number of carbonyl (C=O) groups excluding carboxylic acids is 3. The average molecular weight is 274 g/mol. The minimum absolute atomic E-state index is 0.0350. The number of aldehydes is 1. The van der Waals surface area contributed by atoms with E-state index in [1.807, 2.05) is 0 Å². The molecule has 0 atom stereocenters. The van der Waals surface area contributed by atoms with E-state index in [-0.39, 0.29) is 29.6 Å². The lowest BCUT2D eigenvalue weighted by Crippen LogP contribution is -2.14. The first-order valence-electron chi connectivity index (χ1n) is 5.81. The van der Waals surface area contributed by atoms with Crippen LogP contribution in [0.15, 0.2) is 33.5 Å². The Labute approximate surface area is 113 Å². The van der Waals surface area contributed by atoms with Crippen molar-refractivity contribution in [1.82, 2.24) is 0 Å². The van der Waals surface area contributed by atoms with Crippen LogP contribution in [0.25, 0.3) is 11.0 Å². The number of hydrogen-bond donors (Lipinski definition) is 0. The summed E-state index contributed by atoms with van der Waals surface area (Å²) in [5.41, 5.74) is -0.782. The normalized spacial score (nSPS) is 10.2. The lowest BCUT2D eigenvalue weighted by molar-refractivity contribution is -0.104. The van der Waals surface area contributed by atoms with E-state index < -0.39 is 17.4 Å². The monoisotopic (exact) mass is 274 g/mol. The topological polar surface area (TPSA) is 90.7 Å². The smallest absolute Gasteiger partial charge is 0.347 e. The van der Waals surface area contributed by atoms with Gasteiger partial charge in [0.25, 0.3) is 0 Å². The molecule has 0 aliphatic carbocycles. The fraction of sp³-hybridized carbons (Fsp3) is 0.143. The Hall–Kier alpha value is -2.76. The number of rotatable bonds is 4. The van der Waals surface area contributed by atoms with Crippen molar-refractivity contribution >= 4 is 29.0 Å². The molecule has 0 aliphatic heterocycles. The molecule has 0 fully saturated rings. The Bertz CT molecular complexity index is 756. The number of hydrogen-bond acceptors (Lipinski definition) is 6. The van der Waals surface area contributed by atoms with E-state index in [0.29, 0.717) is 5.39 Å². The van der Waals surface area contributed by atoms with Gasteiger partial charge in [-0.2, -0.15) is 0 Å². The molecule has 1 aromatic carbocycles. The van der Waals surface area contributed by atoms with Gasteiger partial charge in [-0.15, -0.1) is 0 Å². The van der Waals surface area contributed by atoms with Crippen molar-refractivity contribution in [2.24, 2.45) is 0 Å². The van der Waals surface area contributed by atoms with Gasteiger partial charge in [0.2, 0.25) is 5.78 Å². The molecule has 0 unspecified atom stereocenters. The first-order valence-corrected chi connectivity index (χ1v) is 5.81. The van der Waals surface area contributed by atoms with Gasteiger partial charge >= 0.3 is 11.6 Å². The van der Waals surface area contributed by atoms with Crippen LogP contribution in [0, 0.1) is 0 Å². The van der Waals surface area contributed by atoms with Gasteiger partial charge < -0.3 is 9.15 Å². The maximum atomic E-state index is 11.6. The highest BCUT2D eigenvalue weighted by Crippen LogP contribution is 2.16. The Morgan fingerprint density at radius 2 is 2.05 bits per heavy atom. The number of esters is 1. The minimum Gasteiger partial charge on any atom is -0.462 e. The van der Waals surface area contributed by atoms with E-state index in [1.165, 1.54) is 24.3 Å². The molecule has 2 rings (SSSR count). The van der Waals surface area contributed by atoms with E-state index in [0.717, 1.165) is 0 Å². The van der Waals surface area contributed by atoms with Gasteiger partial charge in [0.15, 0.2) is 6.29 Å². The summed E-state index contributed by atoms with van der Waals surface area (Å²) < 4.78 is 9.77. The number of ether oxygens (including phenoxy) is 1. The molecule has 1 heterocycles. The van der Waals surface area contributed by atoms with Crippen LogP contribution in [-0.2, 0) is 9.53 Å². The van der Waals surface area contributed by atoms with Crippen LogP contribution in [0.3, 0.4) is 0 Å². The molecule has 2 aromatic rings. The molecule has 102 valence electrons. The maximum absolute atomic E-state index is 11.6. The molecule has 0 N–H and O–H groups in total. The zero-order valence-electron chi connectivity index (χ0n) is 10.5. The first kappa shape index (κ1) is 13.7. The van der Waals surface area contributed by atoms with Crippen molar-refractivity contribution in [3.8, 4) is 0 Å². The van der Waals surface area contributed by atoms with Gasteiger partial charge in [-0.25, -0.2) is 9.59 Å². The Balaban J connectivity index is 2.59. The van der Waals surface area contributed by atoms with E-state index in [2.05, 4.69) is 0 Å². The number of fused-ring (bicyclic) bond motifs is 1. The van der Waals surface area contributed by atoms with Gasteiger partial charge in [-0.3, -0.25) is 9.59 Å². The Kier molecular flexibility index (Phi) is 3.74. The lowest BCUT2D eigenvalue weighted by atomic mass is 10.1. The van der Waals surface area contributed by atoms with Crippen LogP contribution >= 0.6 is 0 Å². The molecule has 1 aromatic heterocycles. The summed E-state index contributed by atoms with van der Waals surface area (Å²) in [6.45, 7) is 1.91. The second kappa shape index (κ2) is 5.48. The molecule has 0 amide bonds. The predicted octanol–water partition coefficient (Wildman–Crippen LogP) is 1.35. The van der Waals surface area contributed by atoms with Crippen molar-refractivity contribution < 1.29 is 23.5 Å². The van der Waals surface area contributed by atoms with Gasteiger partial charge in [0.1, 0.15) is 11.1 Å². The van der Waals surface area contributed by atoms with Crippen LogP contribution in [0.5, 0.6) is 0 Å². The predicted molar refractivity (Wildman–Crippen MR) is 68.8 cm³/mol. The average Bonchev–Trinajstić information content (AvgIpc) is 2.45. The van der Waals surface area contributed by atoms with Crippen LogP contribution < -0.4 is 5.63 Å². The third-order valence-electron chi connectivity index (χ3n) is 2.62. The van der Waals surface area contributed by atoms with E-state index in [9.17, 15) is 19.2 Å². The fourth-order valence-electron chi connectivity index (χ4n) is 1.70. The molecule has 0 radical (unpaired) electrons. The Morgan fingerprint density at radius 1 is 1.30 bits per heavy atom. The highest BCUT2D eigenvalue weighted by Gasteiger charge is 2.14. The van der Waals surface area contributed by atoms with Crippen LogP contribution in [-0.4, -0.2) is 24.6 Å². The highest BCUT2D eigenvalue weighted by molar-refractivity contribution is 6.33. The standard InChI is InChI=1S/C14H10O6/c1-2-19-13(17)8-3-4-12-9(5-8)6-10(11(16)7-15)14(18)20-12/h3-7H,2H2,1H3. The number of ketones is 1. The summed E-state index contributed by atoms with van der Waals surface area (Å²) in [7, 11) is 0. The summed E-state index contributed by atoms with van der Waals surface area (Å²) in [4.78, 5) is 44.8. The zero-order chi connectivity index (χ0) is 14.7. The van der Waals surface area contributed by atoms with Crippen molar-refractivity contribution in [1.29, 1.82) is 0 Å². The van der Waals surface area contributed by atoms with Gasteiger partial charge in [-0.05, 0) is 31.2 Å². The number of Topliss-reactive ketones (excluding diaryl/α,β-unsaturated/α-hetero) is 1. The minimum atomic E-state index is -0.970. The molecule has 6 nitrogen and oxygen atoms in total. The highest BCUT2D eigenvalue weighted by atomic mass is 16.5. The molecule has 20 heavy (non-hydrogen) atoms. The molecule has 0 aliphatic rings. The van der Waals surface area contributed by atoms with Crippen LogP contribution in [0.4, 0.5) is 0 Å². The summed E-state index contributed by atoms with van der Waals surface area (Å²) in [5.74, 6) is -1.49. The largest absolute Gasteiger partial charge is 0.462 e. The van der Waals surface area contributed by atoms with Gasteiger partial charge in [0.05, 0.1) is 12.2 Å². The van der Waals surface area contributed by atoms with Crippen LogP contribution in [0.2, 0.25) is 0 Å². The third kappa shape index (κ3) is 2.49. The number of carbonyl (C=O) groups is 3. The second-order valence-electron chi connectivity index (χ2n) is 3.90. The molecule has 6 heteroatoms. The molecule has 0 spiro atoms. The van der Waals surface area contributed by atoms with Gasteiger partial charge in [0, 0.05) is 5.39 Å². The summed E-state index contributed by atoms with van der Waals surface area (Å²) in [6.07, 6.45) is 0.0350. The summed E-state index contributed by atoms with van der Waals surface area (Å²) in [6, 6.07) is 5.53. The fourth-order valence-corrected chi connectivity index (χ4v) is 1.70. The first-order chi connectivity index (χ1) is 9.56. The summed E-state index contributed by atoms with van der Waals surface area (Å²) in [5, 5.41) is 0.361. The third-order valence-corrected chi connectivity index (χ3v) is 2.62. The molecule has 0 saturated heterocycles. The molecular weight excluding hydrogens is 264 g/mol.